The number of amides is 1. The molecule has 0 atom stereocenters. The van der Waals surface area contributed by atoms with E-state index in [0.717, 1.165) is 0 Å². The number of hydrogen-bond acceptors (Lipinski definition) is 4. The van der Waals surface area contributed by atoms with Gasteiger partial charge in [-0.2, -0.15) is 0 Å². The summed E-state index contributed by atoms with van der Waals surface area (Å²) in [5.74, 6) is 0.324. The molecule has 22 heavy (non-hydrogen) atoms. The molecule has 6 heteroatoms. The van der Waals surface area contributed by atoms with Crippen LogP contribution in [0.2, 0.25) is 0 Å². The Balaban J connectivity index is 2.14. The lowest BCUT2D eigenvalue weighted by atomic mass is 10.0. The van der Waals surface area contributed by atoms with Gasteiger partial charge in [0.25, 0.3) is 11.6 Å². The number of carbonyl (C=O) groups is 1. The van der Waals surface area contributed by atoms with Gasteiger partial charge >= 0.3 is 0 Å². The Morgan fingerprint density at radius 1 is 1.23 bits per heavy atom. The maximum atomic E-state index is 12.1. The van der Waals surface area contributed by atoms with Crippen molar-refractivity contribution in [3.05, 3.63) is 63.7 Å². The summed E-state index contributed by atoms with van der Waals surface area (Å²) < 4.78 is 5.16. The summed E-state index contributed by atoms with van der Waals surface area (Å²) in [6.07, 6.45) is 1.53. The van der Waals surface area contributed by atoms with Gasteiger partial charge in [0.2, 0.25) is 0 Å². The molecule has 1 amide bonds. The largest absolute Gasteiger partial charge is 0.497 e. The number of nitrogens with one attached hydrogen (secondary N) is 1. The van der Waals surface area contributed by atoms with Gasteiger partial charge < -0.3 is 10.1 Å². The zero-order chi connectivity index (χ0) is 15.7. The molecule has 1 aliphatic rings. The van der Waals surface area contributed by atoms with Gasteiger partial charge in [-0.25, -0.2) is 0 Å². The number of para-hydroxylation sites is 1. The molecule has 1 heterocycles. The third kappa shape index (κ3) is 2.31. The van der Waals surface area contributed by atoms with Crippen LogP contribution in [0, 0.1) is 10.1 Å². The Morgan fingerprint density at radius 3 is 2.73 bits per heavy atom. The first-order valence-corrected chi connectivity index (χ1v) is 6.55. The van der Waals surface area contributed by atoms with Crippen LogP contribution in [0.5, 0.6) is 5.75 Å². The Hall–Kier alpha value is -3.15. The van der Waals surface area contributed by atoms with Gasteiger partial charge in [0.1, 0.15) is 5.75 Å². The predicted molar refractivity (Wildman–Crippen MR) is 82.6 cm³/mol. The van der Waals surface area contributed by atoms with E-state index < -0.39 is 4.92 Å². The molecule has 110 valence electrons. The van der Waals surface area contributed by atoms with Crippen molar-refractivity contribution in [2.45, 2.75) is 0 Å². The fourth-order valence-corrected chi connectivity index (χ4v) is 2.37. The average molecular weight is 296 g/mol. The van der Waals surface area contributed by atoms with Crippen LogP contribution in [0.15, 0.2) is 42.5 Å². The highest BCUT2D eigenvalue weighted by atomic mass is 16.6. The smallest absolute Gasteiger partial charge is 0.276 e. The van der Waals surface area contributed by atoms with Crippen LogP contribution in [0.25, 0.3) is 11.6 Å². The SMILES string of the molecule is COc1ccc2c(c1)C(=Cc1ccccc1[N+](=O)[O-])C(=O)N2. The number of fused-ring (bicyclic) bond motifs is 1. The van der Waals surface area contributed by atoms with Crippen molar-refractivity contribution in [3.63, 3.8) is 0 Å². The number of rotatable bonds is 3. The first-order chi connectivity index (χ1) is 10.6. The van der Waals surface area contributed by atoms with Crippen LogP contribution >= 0.6 is 0 Å². The minimum absolute atomic E-state index is 0.0425. The second-order valence-corrected chi connectivity index (χ2v) is 4.74. The third-order valence-electron chi connectivity index (χ3n) is 3.44. The van der Waals surface area contributed by atoms with E-state index >= 15 is 0 Å². The molecule has 1 aliphatic heterocycles. The van der Waals surface area contributed by atoms with E-state index in [4.69, 9.17) is 4.74 Å². The summed E-state index contributed by atoms with van der Waals surface area (Å²) in [6, 6.07) is 11.5. The van der Waals surface area contributed by atoms with E-state index in [1.807, 2.05) is 0 Å². The van der Waals surface area contributed by atoms with E-state index in [0.29, 0.717) is 28.1 Å². The Kier molecular flexibility index (Phi) is 3.34. The molecule has 0 aromatic heterocycles. The van der Waals surface area contributed by atoms with Crippen molar-refractivity contribution >= 4 is 28.9 Å². The first kappa shape index (κ1) is 13.8. The summed E-state index contributed by atoms with van der Waals surface area (Å²) in [6.45, 7) is 0. The topological polar surface area (TPSA) is 81.5 Å². The molecular formula is C16H12N2O4. The number of benzene rings is 2. The van der Waals surface area contributed by atoms with E-state index in [1.165, 1.54) is 19.3 Å². The van der Waals surface area contributed by atoms with Crippen LogP contribution in [-0.4, -0.2) is 17.9 Å². The fourth-order valence-electron chi connectivity index (χ4n) is 2.37. The molecule has 1 N–H and O–H groups in total. The van der Waals surface area contributed by atoms with Gasteiger partial charge in [-0.1, -0.05) is 12.1 Å². The summed E-state index contributed by atoms with van der Waals surface area (Å²) in [5.41, 5.74) is 2.05. The molecule has 0 bridgehead atoms. The summed E-state index contributed by atoms with van der Waals surface area (Å²) in [7, 11) is 1.54. The molecular weight excluding hydrogens is 284 g/mol. The maximum absolute atomic E-state index is 12.1. The standard InChI is InChI=1S/C16H12N2O4/c1-22-11-6-7-14-12(9-11)13(16(19)17-14)8-10-4-2-3-5-15(10)18(20)21/h2-9H,1H3,(H,17,19). The summed E-state index contributed by atoms with van der Waals surface area (Å²) in [5, 5.41) is 13.8. The van der Waals surface area contributed by atoms with Crippen LogP contribution in [0.3, 0.4) is 0 Å². The summed E-state index contributed by atoms with van der Waals surface area (Å²) in [4.78, 5) is 22.7. The molecule has 0 saturated carbocycles. The number of ether oxygens (including phenoxy) is 1. The zero-order valence-corrected chi connectivity index (χ0v) is 11.7. The number of nitro benzene ring substituents is 1. The van der Waals surface area contributed by atoms with Crippen LogP contribution in [-0.2, 0) is 4.79 Å². The Morgan fingerprint density at radius 2 is 2.00 bits per heavy atom. The highest BCUT2D eigenvalue weighted by molar-refractivity contribution is 6.35. The van der Waals surface area contributed by atoms with E-state index in [-0.39, 0.29) is 11.6 Å². The number of nitro groups is 1. The molecule has 0 fully saturated rings. The number of methoxy groups -OCH3 is 1. The molecule has 0 aliphatic carbocycles. The molecule has 0 spiro atoms. The maximum Gasteiger partial charge on any atom is 0.276 e. The Labute approximate surface area is 126 Å². The molecule has 6 nitrogen and oxygen atoms in total. The van der Waals surface area contributed by atoms with Gasteiger partial charge in [0.05, 0.1) is 17.6 Å². The van der Waals surface area contributed by atoms with E-state index in [1.54, 1.807) is 36.4 Å². The third-order valence-corrected chi connectivity index (χ3v) is 3.44. The van der Waals surface area contributed by atoms with E-state index in [2.05, 4.69) is 5.32 Å². The fraction of sp³-hybridized carbons (Fsp3) is 0.0625. The van der Waals surface area contributed by atoms with Crippen molar-refractivity contribution < 1.29 is 14.5 Å². The molecule has 2 aromatic rings. The molecule has 0 saturated heterocycles. The lowest BCUT2D eigenvalue weighted by Crippen LogP contribution is -2.03. The molecule has 3 rings (SSSR count). The highest BCUT2D eigenvalue weighted by Gasteiger charge is 2.25. The van der Waals surface area contributed by atoms with Gasteiger partial charge in [0, 0.05) is 22.9 Å². The van der Waals surface area contributed by atoms with Crippen LogP contribution < -0.4 is 10.1 Å². The minimum Gasteiger partial charge on any atom is -0.497 e. The van der Waals surface area contributed by atoms with Crippen molar-refractivity contribution in [2.75, 3.05) is 12.4 Å². The van der Waals surface area contributed by atoms with Gasteiger partial charge in [0.15, 0.2) is 0 Å². The van der Waals surface area contributed by atoms with Gasteiger partial charge in [-0.05, 0) is 30.3 Å². The van der Waals surface area contributed by atoms with Gasteiger partial charge in [-0.15, -0.1) is 0 Å². The normalized spacial score (nSPS) is 14.6. The van der Waals surface area contributed by atoms with Crippen LogP contribution in [0.1, 0.15) is 11.1 Å². The minimum atomic E-state index is -0.467. The molecule has 2 aromatic carbocycles. The number of anilines is 1. The second kappa shape index (κ2) is 5.33. The quantitative estimate of drug-likeness (QED) is 0.536. The van der Waals surface area contributed by atoms with E-state index in [9.17, 15) is 14.9 Å². The second-order valence-electron chi connectivity index (χ2n) is 4.74. The molecule has 0 radical (unpaired) electrons. The highest BCUT2D eigenvalue weighted by Crippen LogP contribution is 2.36. The Bertz CT molecular complexity index is 812. The number of hydrogen-bond donors (Lipinski definition) is 1. The lowest BCUT2D eigenvalue weighted by Gasteiger charge is -2.03. The predicted octanol–water partition coefficient (Wildman–Crippen LogP) is 3.10. The zero-order valence-electron chi connectivity index (χ0n) is 11.7. The van der Waals surface area contributed by atoms with Crippen molar-refractivity contribution in [2.24, 2.45) is 0 Å². The number of carbonyl (C=O) groups excluding carboxylic acids is 1. The first-order valence-electron chi connectivity index (χ1n) is 6.55. The molecule has 0 unspecified atom stereocenters. The average Bonchev–Trinajstić information content (AvgIpc) is 2.83. The van der Waals surface area contributed by atoms with Gasteiger partial charge in [-0.3, -0.25) is 14.9 Å². The van der Waals surface area contributed by atoms with Crippen molar-refractivity contribution in [1.82, 2.24) is 0 Å². The summed E-state index contributed by atoms with van der Waals surface area (Å²) >= 11 is 0. The van der Waals surface area contributed by atoms with Crippen molar-refractivity contribution in [3.8, 4) is 5.75 Å². The van der Waals surface area contributed by atoms with Crippen molar-refractivity contribution in [1.29, 1.82) is 0 Å². The lowest BCUT2D eigenvalue weighted by molar-refractivity contribution is -0.385. The van der Waals surface area contributed by atoms with Crippen LogP contribution in [0.4, 0.5) is 11.4 Å². The monoisotopic (exact) mass is 296 g/mol. The number of nitrogens with zero attached hydrogens (tertiary/aromatic N) is 1.